The molecule has 63 heavy (non-hydrogen) atoms. The molecule has 3 N–H and O–H groups in total. The number of fused-ring (bicyclic) bond motifs is 1. The van der Waals surface area contributed by atoms with Crippen molar-refractivity contribution in [3.63, 3.8) is 0 Å². The fourth-order valence-electron chi connectivity index (χ4n) is 9.55. The number of aliphatic hydroxyl groups is 1. The van der Waals surface area contributed by atoms with Gasteiger partial charge in [-0.25, -0.2) is 19.7 Å². The molecular formula is C44H62N12O6S. The number of imide groups is 1. The number of ether oxygens (including phenoxy) is 2. The minimum atomic E-state index is -1.12. The summed E-state index contributed by atoms with van der Waals surface area (Å²) in [7, 11) is 0. The van der Waals surface area contributed by atoms with Gasteiger partial charge in [-0.1, -0.05) is 0 Å². The van der Waals surface area contributed by atoms with E-state index < -0.39 is 11.2 Å². The van der Waals surface area contributed by atoms with Crippen LogP contribution in [0.5, 0.6) is 11.5 Å². The Balaban J connectivity index is 0.623. The molecule has 6 aliphatic rings. The first kappa shape index (κ1) is 43.7. The van der Waals surface area contributed by atoms with E-state index in [1.807, 2.05) is 24.3 Å². The fraction of sp³-hybridized carbons (Fsp3) is 0.636. The lowest BCUT2D eigenvalue weighted by Gasteiger charge is -2.42. The molecule has 340 valence electrons. The third kappa shape index (κ3) is 10.5. The molecule has 0 spiro atoms. The summed E-state index contributed by atoms with van der Waals surface area (Å²) in [5.74, 6) is 3.77. The number of rotatable bonds is 17. The van der Waals surface area contributed by atoms with Gasteiger partial charge in [0, 0.05) is 90.0 Å². The zero-order valence-electron chi connectivity index (χ0n) is 36.3. The Morgan fingerprint density at radius 3 is 2.17 bits per heavy atom. The number of anilines is 4. The summed E-state index contributed by atoms with van der Waals surface area (Å²) in [4.78, 5) is 57.0. The maximum atomic E-state index is 12.8. The molecule has 2 aromatic heterocycles. The van der Waals surface area contributed by atoms with E-state index in [2.05, 4.69) is 45.1 Å². The van der Waals surface area contributed by atoms with Gasteiger partial charge in [-0.2, -0.15) is 4.98 Å². The molecule has 1 aliphatic carbocycles. The number of aliphatic hydroxyl groups excluding tert-OH is 1. The van der Waals surface area contributed by atoms with E-state index in [-0.39, 0.29) is 24.1 Å². The van der Waals surface area contributed by atoms with Crippen molar-refractivity contribution < 1.29 is 28.7 Å². The van der Waals surface area contributed by atoms with Gasteiger partial charge in [-0.05, 0) is 100 Å². The Labute approximate surface area is 372 Å². The Kier molecular flexibility index (Phi) is 13.9. The van der Waals surface area contributed by atoms with Crippen LogP contribution in [0.15, 0.2) is 41.6 Å². The highest BCUT2D eigenvalue weighted by molar-refractivity contribution is 7.91. The van der Waals surface area contributed by atoms with Gasteiger partial charge in [0.25, 0.3) is 0 Å². The van der Waals surface area contributed by atoms with Gasteiger partial charge in [0.1, 0.15) is 23.8 Å². The molecule has 19 heteroatoms. The number of nitrogens with one attached hydrogen (secondary N) is 2. The third-order valence-electron chi connectivity index (χ3n) is 13.6. The first-order valence-corrected chi connectivity index (χ1v) is 24.3. The fourth-order valence-corrected chi connectivity index (χ4v) is 10.9. The zero-order valence-corrected chi connectivity index (χ0v) is 37.1. The Morgan fingerprint density at radius 1 is 0.794 bits per heavy atom. The van der Waals surface area contributed by atoms with Crippen molar-refractivity contribution in [2.45, 2.75) is 74.3 Å². The molecule has 0 unspecified atom stereocenters. The monoisotopic (exact) mass is 886 g/mol. The second-order valence-electron chi connectivity index (χ2n) is 17.7. The van der Waals surface area contributed by atoms with E-state index in [0.717, 1.165) is 128 Å². The summed E-state index contributed by atoms with van der Waals surface area (Å²) < 4.78 is 24.9. The number of likely N-dealkylation sites (tertiary alicyclic amines) is 1. The SMILES string of the molecule is O=C1CCN(c2ccc(OCCN3CCC(N4CCN(CCCCOc5cnc(N6CCN(c7nc8c(c(NC9(CO)CCC9)n7)[S@+]([O-])CC8)CC6)nc5)CC4)CC3)cc2)C(=O)N1. The topological polar surface area (TPSA) is 191 Å². The van der Waals surface area contributed by atoms with Crippen LogP contribution >= 0.6 is 0 Å². The predicted molar refractivity (Wildman–Crippen MR) is 240 cm³/mol. The molecule has 3 amide bonds. The molecule has 9 rings (SSSR count). The van der Waals surface area contributed by atoms with E-state index in [1.165, 1.54) is 12.8 Å². The van der Waals surface area contributed by atoms with Gasteiger partial charge in [0.15, 0.2) is 11.6 Å². The number of urea groups is 1. The Morgan fingerprint density at radius 2 is 1.49 bits per heavy atom. The number of unbranched alkanes of at least 4 members (excludes halogenated alkanes) is 1. The van der Waals surface area contributed by atoms with Crippen LogP contribution in [0.2, 0.25) is 0 Å². The summed E-state index contributed by atoms with van der Waals surface area (Å²) in [5, 5.41) is 15.9. The third-order valence-corrected chi connectivity index (χ3v) is 15.1. The average molecular weight is 887 g/mol. The summed E-state index contributed by atoms with van der Waals surface area (Å²) >= 11 is -1.12. The number of aromatic nitrogens is 4. The van der Waals surface area contributed by atoms with Gasteiger partial charge >= 0.3 is 6.03 Å². The minimum Gasteiger partial charge on any atom is -0.611 e. The van der Waals surface area contributed by atoms with E-state index in [4.69, 9.17) is 19.4 Å². The van der Waals surface area contributed by atoms with Gasteiger partial charge in [0.05, 0.1) is 31.1 Å². The highest BCUT2D eigenvalue weighted by atomic mass is 32.2. The van der Waals surface area contributed by atoms with Crippen molar-refractivity contribution in [3.8, 4) is 11.5 Å². The summed E-state index contributed by atoms with van der Waals surface area (Å²) in [6, 6.07) is 7.78. The van der Waals surface area contributed by atoms with Gasteiger partial charge in [-0.15, -0.1) is 0 Å². The highest BCUT2D eigenvalue weighted by Gasteiger charge is 2.41. The number of carbonyl (C=O) groups is 2. The molecule has 18 nitrogen and oxygen atoms in total. The molecular weight excluding hydrogens is 825 g/mol. The second kappa shape index (κ2) is 20.1. The maximum Gasteiger partial charge on any atom is 0.328 e. The number of hydrogen-bond acceptors (Lipinski definition) is 16. The van der Waals surface area contributed by atoms with Gasteiger partial charge in [0.2, 0.25) is 22.7 Å². The number of amides is 3. The van der Waals surface area contributed by atoms with Crippen LogP contribution in [0, 0.1) is 0 Å². The van der Waals surface area contributed by atoms with Gasteiger partial charge in [-0.3, -0.25) is 24.8 Å². The van der Waals surface area contributed by atoms with Crippen molar-refractivity contribution >= 4 is 46.5 Å². The largest absolute Gasteiger partial charge is 0.611 e. The molecule has 5 fully saturated rings. The number of benzene rings is 1. The standard InChI is InChI=1S/C44H62N12O6S/c57-32-44(12-3-13-44)50-40-39-37(11-29-63(39)60)47-42(49-40)55-24-22-54(23-25-55)41-45-30-36(31-46-41)61-27-2-1-14-51-18-20-53(21-19-51)33-8-15-52(16-9-33)26-28-62-35-6-4-34(5-7-35)56-17-10-38(58)48-43(56)59/h4-7,30-31,33,57H,1-3,8-29,32H2,(H,47,49,50)(H,48,58,59)/t63-/m1/s1. The van der Waals surface area contributed by atoms with Crippen LogP contribution in [-0.2, 0) is 22.4 Å². The van der Waals surface area contributed by atoms with Crippen molar-refractivity contribution in [1.29, 1.82) is 0 Å². The van der Waals surface area contributed by atoms with Crippen molar-refractivity contribution in [2.75, 3.05) is 131 Å². The van der Waals surface area contributed by atoms with E-state index in [1.54, 1.807) is 17.3 Å². The molecule has 0 radical (unpaired) electrons. The molecule has 1 saturated carbocycles. The molecule has 4 saturated heterocycles. The molecule has 1 aromatic carbocycles. The number of piperidine rings is 1. The number of carbonyl (C=O) groups excluding carboxylic acids is 2. The van der Waals surface area contributed by atoms with E-state index >= 15 is 0 Å². The summed E-state index contributed by atoms with van der Waals surface area (Å²) in [6.07, 6.45) is 11.8. The molecule has 0 bridgehead atoms. The lowest BCUT2D eigenvalue weighted by Crippen LogP contribution is -2.53. The second-order valence-corrected chi connectivity index (χ2v) is 19.2. The van der Waals surface area contributed by atoms with Crippen LogP contribution in [0.3, 0.4) is 0 Å². The predicted octanol–water partition coefficient (Wildman–Crippen LogP) is 2.35. The molecule has 3 aromatic rings. The molecule has 7 heterocycles. The lowest BCUT2D eigenvalue weighted by molar-refractivity contribution is -0.120. The lowest BCUT2D eigenvalue weighted by atomic mass is 9.77. The van der Waals surface area contributed by atoms with Crippen LogP contribution in [0.25, 0.3) is 0 Å². The Bertz CT molecular complexity index is 2000. The zero-order chi connectivity index (χ0) is 43.2. The number of nitrogens with zero attached hydrogens (tertiary/aromatic N) is 10. The number of hydrogen-bond donors (Lipinski definition) is 3. The van der Waals surface area contributed by atoms with Crippen LogP contribution in [0.1, 0.15) is 57.1 Å². The van der Waals surface area contributed by atoms with Crippen LogP contribution in [-0.4, -0.2) is 178 Å². The van der Waals surface area contributed by atoms with Gasteiger partial charge < -0.3 is 39.1 Å². The van der Waals surface area contributed by atoms with Crippen molar-refractivity contribution in [3.05, 3.63) is 42.4 Å². The van der Waals surface area contributed by atoms with Crippen LogP contribution in [0.4, 0.5) is 28.2 Å². The summed E-state index contributed by atoms with van der Waals surface area (Å²) in [5.41, 5.74) is 1.23. The number of piperazine rings is 2. The van der Waals surface area contributed by atoms with E-state index in [0.29, 0.717) is 72.8 Å². The minimum absolute atomic E-state index is 0.0358. The normalized spacial score (nSPS) is 22.4. The van der Waals surface area contributed by atoms with Crippen molar-refractivity contribution in [2.24, 2.45) is 0 Å². The van der Waals surface area contributed by atoms with E-state index in [9.17, 15) is 19.2 Å². The average Bonchev–Trinajstić information content (AvgIpc) is 3.69. The first-order chi connectivity index (χ1) is 30.8. The van der Waals surface area contributed by atoms with Crippen LogP contribution < -0.4 is 34.8 Å². The maximum absolute atomic E-state index is 12.8. The molecule has 5 aliphatic heterocycles. The van der Waals surface area contributed by atoms with Crippen molar-refractivity contribution in [1.82, 2.24) is 40.0 Å². The molecule has 1 atom stereocenters. The number of aryl methyl sites for hydroxylation is 1. The summed E-state index contributed by atoms with van der Waals surface area (Å²) in [6.45, 7) is 13.2. The first-order valence-electron chi connectivity index (χ1n) is 23.0. The highest BCUT2D eigenvalue weighted by Crippen LogP contribution is 2.39. The Hall–Kier alpha value is -4.53. The quantitative estimate of drug-likeness (QED) is 0.132. The smallest absolute Gasteiger partial charge is 0.328 e.